The van der Waals surface area contributed by atoms with Crippen LogP contribution < -0.4 is 5.32 Å². The number of hydrogen-bond acceptors (Lipinski definition) is 1. The van der Waals surface area contributed by atoms with Crippen molar-refractivity contribution in [3.63, 3.8) is 0 Å². The summed E-state index contributed by atoms with van der Waals surface area (Å²) < 4.78 is 2.13. The number of aromatic nitrogens is 1. The summed E-state index contributed by atoms with van der Waals surface area (Å²) in [6.07, 6.45) is 4.38. The molecule has 2 nitrogen and oxygen atoms in total. The Morgan fingerprint density at radius 2 is 1.16 bits per heavy atom. The highest BCUT2D eigenvalue weighted by Gasteiger charge is 2.19. The molecule has 0 unspecified atom stereocenters. The topological polar surface area (TPSA) is 17.0 Å². The highest BCUT2D eigenvalue weighted by molar-refractivity contribution is 5.98. The zero-order valence-electron chi connectivity index (χ0n) is 10.7. The summed E-state index contributed by atoms with van der Waals surface area (Å²) in [5.41, 5.74) is 7.43. The van der Waals surface area contributed by atoms with Crippen LogP contribution in [0.25, 0.3) is 22.3 Å². The van der Waals surface area contributed by atoms with Crippen LogP contribution in [0.1, 0.15) is 0 Å². The minimum atomic E-state index is 1.17. The lowest BCUT2D eigenvalue weighted by molar-refractivity contribution is 0.929. The van der Waals surface area contributed by atoms with Gasteiger partial charge in [0, 0.05) is 53.1 Å². The van der Waals surface area contributed by atoms with Crippen molar-refractivity contribution in [2.24, 2.45) is 7.05 Å². The Labute approximate surface area is 112 Å². The zero-order valence-corrected chi connectivity index (χ0v) is 10.7. The van der Waals surface area contributed by atoms with Gasteiger partial charge >= 0.3 is 0 Å². The van der Waals surface area contributed by atoms with Crippen molar-refractivity contribution in [2.45, 2.75) is 0 Å². The lowest BCUT2D eigenvalue weighted by Gasteiger charge is -2.09. The van der Waals surface area contributed by atoms with Gasteiger partial charge in [-0.15, -0.1) is 0 Å². The third-order valence-corrected chi connectivity index (χ3v) is 3.66. The van der Waals surface area contributed by atoms with Crippen molar-refractivity contribution in [1.29, 1.82) is 0 Å². The van der Waals surface area contributed by atoms with Crippen LogP contribution in [-0.4, -0.2) is 4.57 Å². The molecule has 1 aliphatic rings. The van der Waals surface area contributed by atoms with Gasteiger partial charge < -0.3 is 9.88 Å². The van der Waals surface area contributed by atoms with E-state index >= 15 is 0 Å². The average molecular weight is 246 g/mol. The summed E-state index contributed by atoms with van der Waals surface area (Å²) in [5, 5.41) is 3.55. The third kappa shape index (κ3) is 1.50. The summed E-state index contributed by atoms with van der Waals surface area (Å²) in [6, 6.07) is 16.9. The van der Waals surface area contributed by atoms with Gasteiger partial charge in [0.05, 0.1) is 0 Å². The van der Waals surface area contributed by atoms with Crippen molar-refractivity contribution in [2.75, 3.05) is 5.32 Å². The molecule has 0 saturated heterocycles. The molecule has 92 valence electrons. The molecule has 0 aliphatic carbocycles. The molecule has 2 heterocycles. The van der Waals surface area contributed by atoms with Gasteiger partial charge in [-0.25, -0.2) is 0 Å². The number of hydrogen-bond donors (Lipinski definition) is 1. The molecule has 1 aromatic heterocycles. The van der Waals surface area contributed by atoms with Crippen LogP contribution in [0.5, 0.6) is 0 Å². The zero-order chi connectivity index (χ0) is 12.8. The molecule has 4 rings (SSSR count). The van der Waals surface area contributed by atoms with Crippen LogP contribution in [0.2, 0.25) is 0 Å². The second-order valence-electron chi connectivity index (χ2n) is 4.97. The lowest BCUT2D eigenvalue weighted by atomic mass is 9.99. The summed E-state index contributed by atoms with van der Waals surface area (Å²) in [5.74, 6) is 0. The first-order valence-electron chi connectivity index (χ1n) is 6.45. The fourth-order valence-corrected chi connectivity index (χ4v) is 2.81. The van der Waals surface area contributed by atoms with E-state index in [0.29, 0.717) is 0 Å². The average Bonchev–Trinajstić information content (AvgIpc) is 2.76. The van der Waals surface area contributed by atoms with Crippen molar-refractivity contribution in [3.8, 4) is 22.3 Å². The van der Waals surface area contributed by atoms with Crippen molar-refractivity contribution in [1.82, 2.24) is 4.57 Å². The second-order valence-corrected chi connectivity index (χ2v) is 4.97. The molecule has 0 fully saturated rings. The van der Waals surface area contributed by atoms with E-state index in [1.54, 1.807) is 0 Å². The van der Waals surface area contributed by atoms with Crippen molar-refractivity contribution >= 4 is 11.4 Å². The molecule has 1 N–H and O–H groups in total. The van der Waals surface area contributed by atoms with Gasteiger partial charge in [0.15, 0.2) is 0 Å². The van der Waals surface area contributed by atoms with E-state index in [4.69, 9.17) is 0 Å². The van der Waals surface area contributed by atoms with Gasteiger partial charge in [0.2, 0.25) is 0 Å². The summed E-state index contributed by atoms with van der Waals surface area (Å²) in [4.78, 5) is 0. The van der Waals surface area contributed by atoms with E-state index in [0.717, 1.165) is 0 Å². The smallest absolute Gasteiger partial charge is 0.0464 e. The third-order valence-electron chi connectivity index (χ3n) is 3.66. The molecule has 0 bridgehead atoms. The lowest BCUT2D eigenvalue weighted by Crippen LogP contribution is -1.91. The van der Waals surface area contributed by atoms with Crippen molar-refractivity contribution in [3.05, 3.63) is 60.9 Å². The Kier molecular flexibility index (Phi) is 2.06. The van der Waals surface area contributed by atoms with E-state index in [1.807, 2.05) is 0 Å². The molecule has 2 heteroatoms. The molecular weight excluding hydrogens is 232 g/mol. The molecule has 0 saturated carbocycles. The molecule has 0 amide bonds. The number of fused-ring (bicyclic) bond motifs is 5. The highest BCUT2D eigenvalue weighted by Crippen LogP contribution is 2.44. The SMILES string of the molecule is Cn1cc2c(c1)-c1ccccc1Nc1ccccc1-2. The maximum atomic E-state index is 3.55. The maximum absolute atomic E-state index is 3.55. The standard InChI is InChI=1S/C17H14N2/c1-19-10-14-12-6-2-4-8-16(12)18-17-9-5-3-7-13(17)15(14)11-19/h2-11,18H,1H3. The van der Waals surface area contributed by atoms with E-state index in [1.165, 1.54) is 33.6 Å². The molecular formula is C17H14N2. The normalized spacial score (nSPS) is 11.8. The van der Waals surface area contributed by atoms with E-state index in [9.17, 15) is 0 Å². The fourth-order valence-electron chi connectivity index (χ4n) is 2.81. The Bertz CT molecular complexity index is 705. The summed E-state index contributed by atoms with van der Waals surface area (Å²) >= 11 is 0. The second kappa shape index (κ2) is 3.75. The van der Waals surface area contributed by atoms with Crippen LogP contribution in [0, 0.1) is 0 Å². The number of anilines is 2. The first-order valence-corrected chi connectivity index (χ1v) is 6.45. The maximum Gasteiger partial charge on any atom is 0.0464 e. The van der Waals surface area contributed by atoms with Gasteiger partial charge in [-0.1, -0.05) is 36.4 Å². The number of benzene rings is 2. The molecule has 0 spiro atoms. The van der Waals surface area contributed by atoms with Gasteiger partial charge in [-0.3, -0.25) is 0 Å². The van der Waals surface area contributed by atoms with Crippen LogP contribution in [-0.2, 0) is 7.05 Å². The van der Waals surface area contributed by atoms with E-state index < -0.39 is 0 Å². The monoisotopic (exact) mass is 246 g/mol. The quantitative estimate of drug-likeness (QED) is 0.486. The highest BCUT2D eigenvalue weighted by atomic mass is 14.9. The van der Waals surface area contributed by atoms with Gasteiger partial charge in [0.1, 0.15) is 0 Å². The molecule has 19 heavy (non-hydrogen) atoms. The molecule has 1 aliphatic heterocycles. The fraction of sp³-hybridized carbons (Fsp3) is 0.0588. The largest absolute Gasteiger partial charge is 0.356 e. The van der Waals surface area contributed by atoms with Crippen LogP contribution in [0.3, 0.4) is 0 Å². The number of nitrogens with one attached hydrogen (secondary N) is 1. The minimum Gasteiger partial charge on any atom is -0.356 e. The Morgan fingerprint density at radius 1 is 0.684 bits per heavy atom. The number of nitrogens with zero attached hydrogens (tertiary/aromatic N) is 1. The van der Waals surface area contributed by atoms with Crippen LogP contribution in [0.4, 0.5) is 11.4 Å². The van der Waals surface area contributed by atoms with E-state index in [-0.39, 0.29) is 0 Å². The van der Waals surface area contributed by atoms with Gasteiger partial charge in [-0.2, -0.15) is 0 Å². The van der Waals surface area contributed by atoms with Crippen molar-refractivity contribution < 1.29 is 0 Å². The summed E-state index contributed by atoms with van der Waals surface area (Å²) in [7, 11) is 2.08. The molecule has 3 aromatic rings. The molecule has 0 atom stereocenters. The predicted octanol–water partition coefficient (Wildman–Crippen LogP) is 4.42. The van der Waals surface area contributed by atoms with E-state index in [2.05, 4.69) is 77.9 Å². The van der Waals surface area contributed by atoms with Gasteiger partial charge in [0.25, 0.3) is 0 Å². The Balaban J connectivity index is 2.12. The van der Waals surface area contributed by atoms with Crippen LogP contribution in [0.15, 0.2) is 60.9 Å². The minimum absolute atomic E-state index is 1.17. The molecule has 2 aromatic carbocycles. The Morgan fingerprint density at radius 3 is 1.68 bits per heavy atom. The first kappa shape index (κ1) is 10.4. The summed E-state index contributed by atoms with van der Waals surface area (Å²) in [6.45, 7) is 0. The predicted molar refractivity (Wildman–Crippen MR) is 79.6 cm³/mol. The number of para-hydroxylation sites is 2. The number of aryl methyl sites for hydroxylation is 1. The van der Waals surface area contributed by atoms with Gasteiger partial charge in [-0.05, 0) is 12.1 Å². The number of rotatable bonds is 0. The van der Waals surface area contributed by atoms with Crippen LogP contribution >= 0.6 is 0 Å². The first-order chi connectivity index (χ1) is 9.33. The Hall–Kier alpha value is -2.48. The molecule has 0 radical (unpaired) electrons.